The van der Waals surface area contributed by atoms with E-state index in [-0.39, 0.29) is 10.9 Å². The summed E-state index contributed by atoms with van der Waals surface area (Å²) in [7, 11) is -3.38. The quantitative estimate of drug-likeness (QED) is 0.903. The number of aromatic nitrogens is 2. The topological polar surface area (TPSA) is 98.2 Å². The fraction of sp³-hybridized carbons (Fsp3) is 0.312. The molecule has 1 fully saturated rings. The van der Waals surface area contributed by atoms with Gasteiger partial charge in [-0.05, 0) is 37.1 Å². The minimum atomic E-state index is -3.38. The number of amides is 1. The Hall–Kier alpha value is -2.32. The van der Waals surface area contributed by atoms with Crippen molar-refractivity contribution >= 4 is 21.4 Å². The van der Waals surface area contributed by atoms with Gasteiger partial charge in [0.05, 0.1) is 5.69 Å². The number of hydrogen-bond acceptors (Lipinski definition) is 6. The molecule has 2 aromatic rings. The van der Waals surface area contributed by atoms with E-state index >= 15 is 0 Å². The van der Waals surface area contributed by atoms with E-state index < -0.39 is 15.9 Å². The third kappa shape index (κ3) is 3.77. The second-order valence-corrected chi connectivity index (χ2v) is 7.56. The van der Waals surface area contributed by atoms with Crippen molar-refractivity contribution in [1.29, 1.82) is 0 Å². The second kappa shape index (κ2) is 6.66. The summed E-state index contributed by atoms with van der Waals surface area (Å²) in [6.07, 6.45) is 2.30. The summed E-state index contributed by atoms with van der Waals surface area (Å²) in [4.78, 5) is 12.1. The lowest BCUT2D eigenvalue weighted by molar-refractivity contribution is -0.124. The fourth-order valence-electron chi connectivity index (χ4n) is 2.44. The van der Waals surface area contributed by atoms with Crippen molar-refractivity contribution in [3.63, 3.8) is 0 Å². The standard InChI is InChI=1S/C16H17N3O4S/c1-24(21,22)15-8-7-13(18-19-15)11-4-2-5-12(10-11)17-16(20)14-6-3-9-23-14/h2,4-5,7-8,10,14H,3,6,9H2,1H3,(H,17,20)/t14-/m1/s1. The van der Waals surface area contributed by atoms with Crippen molar-refractivity contribution in [1.82, 2.24) is 10.2 Å². The first-order chi connectivity index (χ1) is 11.4. The SMILES string of the molecule is CS(=O)(=O)c1ccc(-c2cccc(NC(=O)[C@H]3CCCO3)c2)nn1. The maximum absolute atomic E-state index is 12.1. The summed E-state index contributed by atoms with van der Waals surface area (Å²) in [5.74, 6) is -0.164. The fourth-order valence-corrected chi connectivity index (χ4v) is 2.94. The van der Waals surface area contributed by atoms with E-state index in [1.807, 2.05) is 6.07 Å². The molecule has 1 aromatic heterocycles. The van der Waals surface area contributed by atoms with Gasteiger partial charge in [0.1, 0.15) is 6.10 Å². The number of nitrogens with zero attached hydrogens (tertiary/aromatic N) is 2. The van der Waals surface area contributed by atoms with Gasteiger partial charge in [-0.15, -0.1) is 10.2 Å². The summed E-state index contributed by atoms with van der Waals surface area (Å²) in [5.41, 5.74) is 1.88. The molecule has 1 saturated heterocycles. The van der Waals surface area contributed by atoms with Crippen LogP contribution in [0, 0.1) is 0 Å². The zero-order valence-corrected chi connectivity index (χ0v) is 13.9. The Bertz CT molecular complexity index is 844. The van der Waals surface area contributed by atoms with Crippen LogP contribution in [0.5, 0.6) is 0 Å². The monoisotopic (exact) mass is 347 g/mol. The largest absolute Gasteiger partial charge is 0.368 e. The predicted molar refractivity (Wildman–Crippen MR) is 88.2 cm³/mol. The first-order valence-electron chi connectivity index (χ1n) is 7.50. The molecule has 2 heterocycles. The lowest BCUT2D eigenvalue weighted by Crippen LogP contribution is -2.26. The maximum Gasteiger partial charge on any atom is 0.253 e. The van der Waals surface area contributed by atoms with Gasteiger partial charge in [0.15, 0.2) is 14.9 Å². The van der Waals surface area contributed by atoms with Crippen molar-refractivity contribution in [2.45, 2.75) is 24.0 Å². The molecule has 0 spiro atoms. The number of anilines is 1. The normalized spacial score (nSPS) is 17.6. The van der Waals surface area contributed by atoms with Crippen LogP contribution in [0.15, 0.2) is 41.4 Å². The molecule has 0 bridgehead atoms. The summed E-state index contributed by atoms with van der Waals surface area (Å²) in [6.45, 7) is 0.612. The zero-order chi connectivity index (χ0) is 17.2. The van der Waals surface area contributed by atoms with E-state index in [0.717, 1.165) is 24.7 Å². The van der Waals surface area contributed by atoms with Gasteiger partial charge >= 0.3 is 0 Å². The van der Waals surface area contributed by atoms with Gasteiger partial charge in [0.2, 0.25) is 0 Å². The smallest absolute Gasteiger partial charge is 0.253 e. The molecule has 1 atom stereocenters. The Morgan fingerprint density at radius 3 is 2.71 bits per heavy atom. The van der Waals surface area contributed by atoms with Crippen molar-refractivity contribution in [3.05, 3.63) is 36.4 Å². The van der Waals surface area contributed by atoms with E-state index in [4.69, 9.17) is 4.74 Å². The van der Waals surface area contributed by atoms with Crippen LogP contribution in [0.1, 0.15) is 12.8 Å². The highest BCUT2D eigenvalue weighted by Gasteiger charge is 2.23. The molecule has 1 aromatic carbocycles. The molecule has 1 aliphatic rings. The van der Waals surface area contributed by atoms with E-state index in [2.05, 4.69) is 15.5 Å². The molecule has 24 heavy (non-hydrogen) atoms. The van der Waals surface area contributed by atoms with Crippen LogP contribution in [-0.4, -0.2) is 43.5 Å². The van der Waals surface area contributed by atoms with Gasteiger partial charge in [-0.2, -0.15) is 0 Å². The number of nitrogens with one attached hydrogen (secondary N) is 1. The van der Waals surface area contributed by atoms with E-state index in [0.29, 0.717) is 18.0 Å². The van der Waals surface area contributed by atoms with Crippen LogP contribution < -0.4 is 5.32 Å². The molecule has 1 N–H and O–H groups in total. The van der Waals surface area contributed by atoms with Gasteiger partial charge < -0.3 is 10.1 Å². The van der Waals surface area contributed by atoms with Crippen LogP contribution in [-0.2, 0) is 19.4 Å². The van der Waals surface area contributed by atoms with Crippen LogP contribution in [0.2, 0.25) is 0 Å². The summed E-state index contributed by atoms with van der Waals surface area (Å²) in [6, 6.07) is 10.1. The van der Waals surface area contributed by atoms with Gasteiger partial charge in [0.25, 0.3) is 5.91 Å². The Labute approximate surface area is 140 Å². The van der Waals surface area contributed by atoms with Crippen molar-refractivity contribution < 1.29 is 17.9 Å². The Kier molecular flexibility index (Phi) is 4.59. The number of hydrogen-bond donors (Lipinski definition) is 1. The Balaban J connectivity index is 1.78. The van der Waals surface area contributed by atoms with Crippen LogP contribution in [0.4, 0.5) is 5.69 Å². The van der Waals surface area contributed by atoms with E-state index in [1.165, 1.54) is 6.07 Å². The summed E-state index contributed by atoms with van der Waals surface area (Å²) < 4.78 is 28.2. The van der Waals surface area contributed by atoms with Gasteiger partial charge in [-0.1, -0.05) is 12.1 Å². The highest BCUT2D eigenvalue weighted by molar-refractivity contribution is 7.90. The minimum absolute atomic E-state index is 0.0749. The molecular formula is C16H17N3O4S. The lowest BCUT2D eigenvalue weighted by Gasteiger charge is -2.11. The van der Waals surface area contributed by atoms with Crippen molar-refractivity contribution in [2.24, 2.45) is 0 Å². The molecule has 0 aliphatic carbocycles. The highest BCUT2D eigenvalue weighted by Crippen LogP contribution is 2.22. The molecule has 0 radical (unpaired) electrons. The highest BCUT2D eigenvalue weighted by atomic mass is 32.2. The molecule has 3 rings (SSSR count). The molecule has 126 valence electrons. The third-order valence-electron chi connectivity index (χ3n) is 3.67. The number of ether oxygens (including phenoxy) is 1. The second-order valence-electron chi connectivity index (χ2n) is 5.60. The Morgan fingerprint density at radius 2 is 2.08 bits per heavy atom. The van der Waals surface area contributed by atoms with E-state index in [1.54, 1.807) is 24.3 Å². The number of carbonyl (C=O) groups is 1. The van der Waals surface area contributed by atoms with Crippen LogP contribution >= 0.6 is 0 Å². The Morgan fingerprint density at radius 1 is 1.25 bits per heavy atom. The minimum Gasteiger partial charge on any atom is -0.368 e. The van der Waals surface area contributed by atoms with Gasteiger partial charge in [-0.3, -0.25) is 4.79 Å². The number of carbonyl (C=O) groups excluding carboxylic acids is 1. The van der Waals surface area contributed by atoms with Crippen LogP contribution in [0.3, 0.4) is 0 Å². The first kappa shape index (κ1) is 16.5. The first-order valence-corrected chi connectivity index (χ1v) is 9.39. The number of rotatable bonds is 4. The van der Waals surface area contributed by atoms with Gasteiger partial charge in [-0.25, -0.2) is 8.42 Å². The zero-order valence-electron chi connectivity index (χ0n) is 13.1. The lowest BCUT2D eigenvalue weighted by atomic mass is 10.1. The maximum atomic E-state index is 12.1. The van der Waals surface area contributed by atoms with Crippen LogP contribution in [0.25, 0.3) is 11.3 Å². The van der Waals surface area contributed by atoms with Crippen molar-refractivity contribution in [2.75, 3.05) is 18.2 Å². The number of benzene rings is 1. The third-order valence-corrected chi connectivity index (χ3v) is 4.65. The molecular weight excluding hydrogens is 330 g/mol. The molecule has 1 amide bonds. The van der Waals surface area contributed by atoms with E-state index in [9.17, 15) is 13.2 Å². The molecule has 8 heteroatoms. The van der Waals surface area contributed by atoms with Crippen molar-refractivity contribution in [3.8, 4) is 11.3 Å². The molecule has 0 unspecified atom stereocenters. The average molecular weight is 347 g/mol. The number of sulfone groups is 1. The predicted octanol–water partition coefficient (Wildman–Crippen LogP) is 1.66. The molecule has 1 aliphatic heterocycles. The summed E-state index contributed by atoms with van der Waals surface area (Å²) >= 11 is 0. The van der Waals surface area contributed by atoms with Gasteiger partial charge in [0, 0.05) is 24.1 Å². The average Bonchev–Trinajstić information content (AvgIpc) is 3.09. The molecule has 7 nitrogen and oxygen atoms in total. The molecule has 0 saturated carbocycles. The summed E-state index contributed by atoms with van der Waals surface area (Å²) in [5, 5.41) is 10.4.